The predicted molar refractivity (Wildman–Crippen MR) is 130 cm³/mol. The largest absolute Gasteiger partial charge is 0.444 e. The first-order chi connectivity index (χ1) is 16.7. The summed E-state index contributed by atoms with van der Waals surface area (Å²) in [6.07, 6.45) is 4.19. The highest BCUT2D eigenvalue weighted by atomic mass is 16.6. The van der Waals surface area contributed by atoms with Crippen molar-refractivity contribution in [1.29, 1.82) is 0 Å². The molecular weight excluding hydrogens is 448 g/mol. The van der Waals surface area contributed by atoms with Crippen LogP contribution < -0.4 is 5.56 Å². The fourth-order valence-electron chi connectivity index (χ4n) is 4.19. The number of hydrogen-bond donors (Lipinski definition) is 0. The number of pyridine rings is 1. The third-order valence-electron chi connectivity index (χ3n) is 5.83. The van der Waals surface area contributed by atoms with Crippen molar-refractivity contribution in [1.82, 2.24) is 19.4 Å². The summed E-state index contributed by atoms with van der Waals surface area (Å²) < 4.78 is 13.0. The average molecular weight is 479 g/mol. The molecule has 2 aromatic heterocycles. The number of rotatable bonds is 7. The average Bonchev–Trinajstić information content (AvgIpc) is 3.21. The second-order valence-corrected chi connectivity index (χ2v) is 9.68. The highest BCUT2D eigenvalue weighted by molar-refractivity contribution is 5.81. The van der Waals surface area contributed by atoms with Crippen molar-refractivity contribution in [2.24, 2.45) is 0 Å². The Hall–Kier alpha value is -3.59. The zero-order valence-corrected chi connectivity index (χ0v) is 20.2. The van der Waals surface area contributed by atoms with Gasteiger partial charge in [0.2, 0.25) is 0 Å². The highest BCUT2D eigenvalue weighted by Crippen LogP contribution is 2.27. The Morgan fingerprint density at radius 2 is 1.91 bits per heavy atom. The number of likely N-dealkylation sites (tertiary alicyclic amines) is 1. The van der Waals surface area contributed by atoms with Crippen molar-refractivity contribution >= 4 is 22.8 Å². The van der Waals surface area contributed by atoms with Gasteiger partial charge >= 0.3 is 6.09 Å². The van der Waals surface area contributed by atoms with E-state index in [4.69, 9.17) is 9.47 Å². The summed E-state index contributed by atoms with van der Waals surface area (Å²) in [5, 5.41) is 0.350. The number of Topliss-reactive ketones (excluding diaryl/α,β-unsaturated/α-hetero) is 1. The molecule has 0 N–H and O–H groups in total. The van der Waals surface area contributed by atoms with E-state index in [1.54, 1.807) is 37.9 Å². The van der Waals surface area contributed by atoms with Crippen LogP contribution in [-0.4, -0.2) is 55.6 Å². The van der Waals surface area contributed by atoms with Crippen LogP contribution in [0.4, 0.5) is 4.79 Å². The maximum Gasteiger partial charge on any atom is 0.410 e. The van der Waals surface area contributed by atoms with Gasteiger partial charge in [0.1, 0.15) is 5.60 Å². The van der Waals surface area contributed by atoms with Gasteiger partial charge in [-0.3, -0.25) is 19.1 Å². The number of fused-ring (bicyclic) bond motifs is 1. The van der Waals surface area contributed by atoms with Crippen LogP contribution >= 0.6 is 0 Å². The predicted octanol–water partition coefficient (Wildman–Crippen LogP) is 3.35. The summed E-state index contributed by atoms with van der Waals surface area (Å²) in [6.45, 7) is 6.06. The van der Waals surface area contributed by atoms with Gasteiger partial charge in [0.05, 0.1) is 42.5 Å². The molecule has 1 amide bonds. The fourth-order valence-corrected chi connectivity index (χ4v) is 4.19. The van der Waals surface area contributed by atoms with E-state index in [1.165, 1.54) is 17.1 Å². The molecule has 4 rings (SSSR count). The maximum absolute atomic E-state index is 13.1. The lowest BCUT2D eigenvalue weighted by atomic mass is 10.0. The van der Waals surface area contributed by atoms with Crippen molar-refractivity contribution in [3.05, 3.63) is 71.0 Å². The normalized spacial score (nSPS) is 18.1. The number of amides is 1. The standard InChI is InChI=1S/C26H30N4O5/c1-26(2,3)35-25(33)30-12-10-23(34-16-18-7-5-4-6-8-18)22(30)13-19(31)15-29-17-28-21-9-11-27-14-20(21)24(29)32/h4-9,11,14,17,22-23H,10,12-13,15-16H2,1-3H3. The van der Waals surface area contributed by atoms with Crippen LogP contribution in [0.3, 0.4) is 0 Å². The second-order valence-electron chi connectivity index (χ2n) is 9.68. The van der Waals surface area contributed by atoms with Crippen LogP contribution in [0, 0.1) is 0 Å². The minimum absolute atomic E-state index is 0.0379. The van der Waals surface area contributed by atoms with Crippen LogP contribution in [0.1, 0.15) is 39.2 Å². The lowest BCUT2D eigenvalue weighted by molar-refractivity contribution is -0.121. The molecule has 0 spiro atoms. The van der Waals surface area contributed by atoms with Gasteiger partial charge in [-0.25, -0.2) is 9.78 Å². The van der Waals surface area contributed by atoms with Crippen molar-refractivity contribution < 1.29 is 19.1 Å². The van der Waals surface area contributed by atoms with Gasteiger partial charge in [0, 0.05) is 25.4 Å². The SMILES string of the molecule is CC(C)(C)OC(=O)N1CCC(OCc2ccccc2)C1CC(=O)Cn1cnc2ccncc2c1=O. The monoisotopic (exact) mass is 478 g/mol. The molecule has 35 heavy (non-hydrogen) atoms. The van der Waals surface area contributed by atoms with Crippen molar-refractivity contribution in [3.8, 4) is 0 Å². The Morgan fingerprint density at radius 3 is 2.66 bits per heavy atom. The fraction of sp³-hybridized carbons (Fsp3) is 0.423. The van der Waals surface area contributed by atoms with Gasteiger partial charge in [-0.15, -0.1) is 0 Å². The van der Waals surface area contributed by atoms with Crippen molar-refractivity contribution in [2.45, 2.75) is 64.5 Å². The molecule has 0 saturated carbocycles. The van der Waals surface area contributed by atoms with Crippen molar-refractivity contribution in [2.75, 3.05) is 6.54 Å². The third kappa shape index (κ3) is 6.10. The molecule has 9 nitrogen and oxygen atoms in total. The lowest BCUT2D eigenvalue weighted by Gasteiger charge is -2.30. The zero-order valence-electron chi connectivity index (χ0n) is 20.2. The number of carbonyl (C=O) groups is 2. The number of hydrogen-bond acceptors (Lipinski definition) is 7. The number of nitrogens with zero attached hydrogens (tertiary/aromatic N) is 4. The minimum atomic E-state index is -0.660. The van der Waals surface area contributed by atoms with E-state index in [2.05, 4.69) is 9.97 Å². The second kappa shape index (κ2) is 10.4. The Balaban J connectivity index is 1.50. The molecule has 2 unspecified atom stereocenters. The van der Waals surface area contributed by atoms with Crippen molar-refractivity contribution in [3.63, 3.8) is 0 Å². The van der Waals surface area contributed by atoms with Gasteiger partial charge in [-0.05, 0) is 38.8 Å². The van der Waals surface area contributed by atoms with E-state index in [0.717, 1.165) is 5.56 Å². The van der Waals surface area contributed by atoms with Crippen LogP contribution in [0.25, 0.3) is 10.9 Å². The summed E-state index contributed by atoms with van der Waals surface area (Å²) in [5.41, 5.74) is 0.543. The summed E-state index contributed by atoms with van der Waals surface area (Å²) in [5.74, 6) is -0.203. The molecule has 0 aliphatic carbocycles. The van der Waals surface area contributed by atoms with Gasteiger partial charge in [-0.2, -0.15) is 0 Å². The molecule has 3 aromatic rings. The number of ketones is 1. The lowest BCUT2D eigenvalue weighted by Crippen LogP contribution is -2.44. The van der Waals surface area contributed by atoms with E-state index in [1.807, 2.05) is 30.3 Å². The van der Waals surface area contributed by atoms with Crippen LogP contribution in [-0.2, 0) is 27.4 Å². The van der Waals surface area contributed by atoms with Crippen LogP contribution in [0.5, 0.6) is 0 Å². The quantitative estimate of drug-likeness (QED) is 0.513. The Kier molecular flexibility index (Phi) is 7.25. The highest BCUT2D eigenvalue weighted by Gasteiger charge is 2.40. The molecular formula is C26H30N4O5. The third-order valence-corrected chi connectivity index (χ3v) is 5.83. The van der Waals surface area contributed by atoms with Gasteiger partial charge in [0.15, 0.2) is 5.78 Å². The summed E-state index contributed by atoms with van der Waals surface area (Å²) in [6, 6.07) is 10.9. The van der Waals surface area contributed by atoms with Gasteiger partial charge < -0.3 is 14.4 Å². The minimum Gasteiger partial charge on any atom is -0.444 e. The Bertz CT molecular complexity index is 1250. The van der Waals surface area contributed by atoms with Gasteiger partial charge in [-0.1, -0.05) is 30.3 Å². The topological polar surface area (TPSA) is 104 Å². The number of aromatic nitrogens is 3. The molecule has 1 aliphatic rings. The summed E-state index contributed by atoms with van der Waals surface area (Å²) in [7, 11) is 0. The molecule has 1 fully saturated rings. The van der Waals surface area contributed by atoms with E-state index in [-0.39, 0.29) is 30.4 Å². The Labute approximate surface area is 203 Å². The molecule has 0 bridgehead atoms. The molecule has 3 heterocycles. The maximum atomic E-state index is 13.1. The van der Waals surface area contributed by atoms with Crippen LogP contribution in [0.15, 0.2) is 59.9 Å². The Morgan fingerprint density at radius 1 is 1.14 bits per heavy atom. The molecule has 9 heteroatoms. The molecule has 2 atom stereocenters. The summed E-state index contributed by atoms with van der Waals surface area (Å²) in [4.78, 5) is 48.6. The van der Waals surface area contributed by atoms with E-state index >= 15 is 0 Å². The van der Waals surface area contributed by atoms with Crippen LogP contribution in [0.2, 0.25) is 0 Å². The van der Waals surface area contributed by atoms with Gasteiger partial charge in [0.25, 0.3) is 5.56 Å². The summed E-state index contributed by atoms with van der Waals surface area (Å²) >= 11 is 0. The molecule has 0 radical (unpaired) electrons. The first kappa shape index (κ1) is 24.5. The first-order valence-electron chi connectivity index (χ1n) is 11.7. The number of carbonyl (C=O) groups excluding carboxylic acids is 2. The molecule has 1 aliphatic heterocycles. The van der Waals surface area contributed by atoms with E-state index in [9.17, 15) is 14.4 Å². The van der Waals surface area contributed by atoms with E-state index < -0.39 is 17.7 Å². The molecule has 184 valence electrons. The molecule has 1 aromatic carbocycles. The zero-order chi connectivity index (χ0) is 25.0. The first-order valence-corrected chi connectivity index (χ1v) is 11.7. The number of ether oxygens (including phenoxy) is 2. The number of benzene rings is 1. The smallest absolute Gasteiger partial charge is 0.410 e. The van der Waals surface area contributed by atoms with E-state index in [0.29, 0.717) is 30.5 Å². The molecule has 1 saturated heterocycles.